The van der Waals surface area contributed by atoms with E-state index in [1.54, 1.807) is 23.1 Å². The minimum absolute atomic E-state index is 0.0781. The van der Waals surface area contributed by atoms with Gasteiger partial charge in [-0.05, 0) is 36.2 Å². The Morgan fingerprint density at radius 3 is 2.95 bits per heavy atom. The van der Waals surface area contributed by atoms with Gasteiger partial charge in [0.25, 0.3) is 5.91 Å². The molecule has 0 saturated heterocycles. The van der Waals surface area contributed by atoms with Crippen molar-refractivity contribution in [2.24, 2.45) is 0 Å². The van der Waals surface area contributed by atoms with Crippen LogP contribution in [0.15, 0.2) is 51.7 Å². The van der Waals surface area contributed by atoms with E-state index in [4.69, 9.17) is 4.42 Å². The number of rotatable bonds is 1. The van der Waals surface area contributed by atoms with E-state index in [-0.39, 0.29) is 5.91 Å². The van der Waals surface area contributed by atoms with Crippen LogP contribution in [-0.4, -0.2) is 17.4 Å². The Kier molecular flexibility index (Phi) is 2.47. The third-order valence-corrected chi connectivity index (χ3v) is 3.80. The molecule has 0 bridgehead atoms. The highest BCUT2D eigenvalue weighted by atomic mass is 16.4. The predicted molar refractivity (Wildman–Crippen MR) is 78.7 cm³/mol. The molecule has 3 aromatic rings. The SMILES string of the molecule is O=C(c1ccc2[nH]c(=O)oc2c1)N1CCc2ccccc21. The summed E-state index contributed by atoms with van der Waals surface area (Å²) < 4.78 is 5.01. The standard InChI is InChI=1S/C16H12N2O3/c19-15(18-8-7-10-3-1-2-4-13(10)18)11-5-6-12-14(9-11)21-16(20)17-12/h1-6,9H,7-8H2,(H,17,20). The van der Waals surface area contributed by atoms with Crippen molar-refractivity contribution in [3.8, 4) is 0 Å². The van der Waals surface area contributed by atoms with Crippen molar-refractivity contribution >= 4 is 22.7 Å². The number of fused-ring (bicyclic) bond motifs is 2. The molecule has 0 fully saturated rings. The normalized spacial score (nSPS) is 13.6. The molecule has 4 rings (SSSR count). The maximum atomic E-state index is 12.7. The molecule has 1 aromatic heterocycles. The summed E-state index contributed by atoms with van der Waals surface area (Å²) in [7, 11) is 0. The van der Waals surface area contributed by atoms with Crippen LogP contribution in [0.25, 0.3) is 11.1 Å². The molecule has 21 heavy (non-hydrogen) atoms. The van der Waals surface area contributed by atoms with Crippen LogP contribution in [0.3, 0.4) is 0 Å². The number of carbonyl (C=O) groups excluding carboxylic acids is 1. The van der Waals surface area contributed by atoms with Crippen molar-refractivity contribution in [2.75, 3.05) is 11.4 Å². The van der Waals surface area contributed by atoms with Crippen molar-refractivity contribution < 1.29 is 9.21 Å². The Bertz CT molecular complexity index is 907. The Morgan fingerprint density at radius 2 is 2.05 bits per heavy atom. The first kappa shape index (κ1) is 12.0. The van der Waals surface area contributed by atoms with Crippen LogP contribution in [0, 0.1) is 0 Å². The molecule has 2 aromatic carbocycles. The molecule has 1 N–H and O–H groups in total. The van der Waals surface area contributed by atoms with E-state index in [1.165, 1.54) is 5.56 Å². The maximum Gasteiger partial charge on any atom is 0.417 e. The number of nitrogens with one attached hydrogen (secondary N) is 1. The van der Waals surface area contributed by atoms with Gasteiger partial charge < -0.3 is 9.32 Å². The summed E-state index contributed by atoms with van der Waals surface area (Å²) in [5, 5.41) is 0. The minimum Gasteiger partial charge on any atom is -0.408 e. The summed E-state index contributed by atoms with van der Waals surface area (Å²) in [6.07, 6.45) is 0.864. The predicted octanol–water partition coefficient (Wildman–Crippen LogP) is 2.32. The van der Waals surface area contributed by atoms with Crippen LogP contribution in [0.1, 0.15) is 15.9 Å². The van der Waals surface area contributed by atoms with Gasteiger partial charge >= 0.3 is 5.76 Å². The van der Waals surface area contributed by atoms with E-state index < -0.39 is 5.76 Å². The number of aromatic amines is 1. The molecule has 0 spiro atoms. The molecule has 0 radical (unpaired) electrons. The van der Waals surface area contributed by atoms with Gasteiger partial charge in [0.15, 0.2) is 5.58 Å². The highest BCUT2D eigenvalue weighted by molar-refractivity contribution is 6.08. The topological polar surface area (TPSA) is 66.3 Å². The van der Waals surface area contributed by atoms with Gasteiger partial charge in [0.2, 0.25) is 0 Å². The van der Waals surface area contributed by atoms with Gasteiger partial charge in [-0.15, -0.1) is 0 Å². The summed E-state index contributed by atoms with van der Waals surface area (Å²) in [5.74, 6) is -0.591. The number of carbonyl (C=O) groups is 1. The lowest BCUT2D eigenvalue weighted by molar-refractivity contribution is 0.0989. The molecule has 5 nitrogen and oxygen atoms in total. The molecule has 5 heteroatoms. The van der Waals surface area contributed by atoms with Crippen molar-refractivity contribution in [3.05, 3.63) is 64.1 Å². The highest BCUT2D eigenvalue weighted by Crippen LogP contribution is 2.29. The van der Waals surface area contributed by atoms with Crippen LogP contribution in [0.2, 0.25) is 0 Å². The average molecular weight is 280 g/mol. The number of oxazole rings is 1. The molecule has 104 valence electrons. The van der Waals surface area contributed by atoms with Gasteiger partial charge in [0, 0.05) is 17.8 Å². The number of hydrogen-bond donors (Lipinski definition) is 1. The van der Waals surface area contributed by atoms with Crippen LogP contribution in [0.5, 0.6) is 0 Å². The molecule has 0 saturated carbocycles. The zero-order valence-corrected chi connectivity index (χ0v) is 11.1. The lowest BCUT2D eigenvalue weighted by atomic mass is 10.1. The Morgan fingerprint density at radius 1 is 1.19 bits per heavy atom. The Balaban J connectivity index is 1.75. The second-order valence-corrected chi connectivity index (χ2v) is 5.06. The van der Waals surface area contributed by atoms with Crippen LogP contribution in [0.4, 0.5) is 5.69 Å². The van der Waals surface area contributed by atoms with Crippen molar-refractivity contribution in [1.82, 2.24) is 4.98 Å². The summed E-state index contributed by atoms with van der Waals surface area (Å²) in [6.45, 7) is 0.674. The van der Waals surface area contributed by atoms with Gasteiger partial charge in [0.05, 0.1) is 5.52 Å². The highest BCUT2D eigenvalue weighted by Gasteiger charge is 2.25. The number of anilines is 1. The monoisotopic (exact) mass is 280 g/mol. The van der Waals surface area contributed by atoms with E-state index in [0.29, 0.717) is 23.2 Å². The van der Waals surface area contributed by atoms with Gasteiger partial charge in [0.1, 0.15) is 0 Å². The molecule has 1 aliphatic heterocycles. The smallest absolute Gasteiger partial charge is 0.408 e. The van der Waals surface area contributed by atoms with Crippen LogP contribution >= 0.6 is 0 Å². The molecule has 1 aliphatic rings. The first-order valence-electron chi connectivity index (χ1n) is 6.75. The third kappa shape index (κ3) is 1.86. The zero-order chi connectivity index (χ0) is 14.4. The summed E-state index contributed by atoms with van der Waals surface area (Å²) >= 11 is 0. The lowest BCUT2D eigenvalue weighted by Crippen LogP contribution is -2.28. The molecule has 1 amide bonds. The van der Waals surface area contributed by atoms with Gasteiger partial charge in [-0.25, -0.2) is 4.79 Å². The average Bonchev–Trinajstić information content (AvgIpc) is 3.07. The van der Waals surface area contributed by atoms with Crippen molar-refractivity contribution in [1.29, 1.82) is 0 Å². The molecule has 0 unspecified atom stereocenters. The lowest BCUT2D eigenvalue weighted by Gasteiger charge is -2.17. The fourth-order valence-corrected chi connectivity index (χ4v) is 2.78. The number of aromatic nitrogens is 1. The van der Waals surface area contributed by atoms with E-state index in [9.17, 15) is 9.59 Å². The number of para-hydroxylation sites is 1. The van der Waals surface area contributed by atoms with Gasteiger partial charge in [-0.1, -0.05) is 18.2 Å². The first-order chi connectivity index (χ1) is 10.2. The Labute approximate surface area is 119 Å². The van der Waals surface area contributed by atoms with Crippen LogP contribution < -0.4 is 10.7 Å². The van der Waals surface area contributed by atoms with E-state index in [2.05, 4.69) is 4.98 Å². The number of amides is 1. The molecular weight excluding hydrogens is 268 g/mol. The summed E-state index contributed by atoms with van der Waals surface area (Å²) in [6, 6.07) is 12.9. The third-order valence-electron chi connectivity index (χ3n) is 3.80. The molecule has 2 heterocycles. The zero-order valence-electron chi connectivity index (χ0n) is 11.1. The number of hydrogen-bond acceptors (Lipinski definition) is 3. The number of nitrogens with zero attached hydrogens (tertiary/aromatic N) is 1. The molecule has 0 atom stereocenters. The maximum absolute atomic E-state index is 12.7. The fraction of sp³-hybridized carbons (Fsp3) is 0.125. The van der Waals surface area contributed by atoms with Gasteiger partial charge in [-0.3, -0.25) is 9.78 Å². The van der Waals surface area contributed by atoms with Crippen LogP contribution in [-0.2, 0) is 6.42 Å². The minimum atomic E-state index is -0.513. The first-order valence-corrected chi connectivity index (χ1v) is 6.75. The quantitative estimate of drug-likeness (QED) is 0.744. The Hall–Kier alpha value is -2.82. The fourth-order valence-electron chi connectivity index (χ4n) is 2.78. The van der Waals surface area contributed by atoms with Crippen molar-refractivity contribution in [3.63, 3.8) is 0 Å². The van der Waals surface area contributed by atoms with Gasteiger partial charge in [-0.2, -0.15) is 0 Å². The van der Waals surface area contributed by atoms with E-state index in [1.807, 2.05) is 24.3 Å². The molecule has 0 aliphatic carbocycles. The second-order valence-electron chi connectivity index (χ2n) is 5.06. The second kappa shape index (κ2) is 4.34. The largest absolute Gasteiger partial charge is 0.417 e. The number of benzene rings is 2. The number of H-pyrrole nitrogens is 1. The summed E-state index contributed by atoms with van der Waals surface area (Å²) in [5.41, 5.74) is 3.65. The van der Waals surface area contributed by atoms with Crippen molar-refractivity contribution in [2.45, 2.75) is 6.42 Å². The van der Waals surface area contributed by atoms with E-state index >= 15 is 0 Å². The molecular formula is C16H12N2O3. The van der Waals surface area contributed by atoms with E-state index in [0.717, 1.165) is 12.1 Å². The summed E-state index contributed by atoms with van der Waals surface area (Å²) in [4.78, 5) is 28.2.